The molecule has 1 fully saturated rings. The van der Waals surface area contributed by atoms with Crippen molar-refractivity contribution in [1.29, 1.82) is 0 Å². The van der Waals surface area contributed by atoms with E-state index in [0.29, 0.717) is 17.3 Å². The van der Waals surface area contributed by atoms with Crippen molar-refractivity contribution in [2.45, 2.75) is 23.1 Å². The molecule has 0 saturated carbocycles. The number of anilines is 1. The van der Waals surface area contributed by atoms with Crippen LogP contribution in [0.15, 0.2) is 57.9 Å². The van der Waals surface area contributed by atoms with E-state index in [1.807, 2.05) is 0 Å². The molecule has 10 heteroatoms. The van der Waals surface area contributed by atoms with Crippen molar-refractivity contribution >= 4 is 51.2 Å². The SMILES string of the molecule is CC1(c2cccc(Br)c2)NC(=O)N(CC(=O)Nc2ccccc2SC(F)F)C1=O. The Morgan fingerprint density at radius 2 is 1.97 bits per heavy atom. The molecule has 1 aliphatic rings. The van der Waals surface area contributed by atoms with Crippen molar-refractivity contribution in [3.63, 3.8) is 0 Å². The first kappa shape index (κ1) is 21.3. The number of nitrogens with one attached hydrogen (secondary N) is 2. The molecule has 152 valence electrons. The number of alkyl halides is 2. The van der Waals surface area contributed by atoms with Gasteiger partial charge in [-0.25, -0.2) is 4.79 Å². The summed E-state index contributed by atoms with van der Waals surface area (Å²) in [4.78, 5) is 38.7. The maximum atomic E-state index is 12.9. The second-order valence-electron chi connectivity index (χ2n) is 6.38. The summed E-state index contributed by atoms with van der Waals surface area (Å²) < 4.78 is 26.1. The highest BCUT2D eigenvalue weighted by Gasteiger charge is 2.49. The quantitative estimate of drug-likeness (QED) is 0.477. The van der Waals surface area contributed by atoms with Crippen molar-refractivity contribution < 1.29 is 23.2 Å². The summed E-state index contributed by atoms with van der Waals surface area (Å²) in [6.07, 6.45) is 0. The zero-order valence-electron chi connectivity index (χ0n) is 15.1. The van der Waals surface area contributed by atoms with Gasteiger partial charge in [-0.3, -0.25) is 14.5 Å². The number of nitrogens with zero attached hydrogens (tertiary/aromatic N) is 1. The first-order valence-electron chi connectivity index (χ1n) is 8.44. The van der Waals surface area contributed by atoms with Crippen molar-refractivity contribution in [1.82, 2.24) is 10.2 Å². The zero-order valence-corrected chi connectivity index (χ0v) is 17.5. The second-order valence-corrected chi connectivity index (χ2v) is 8.33. The van der Waals surface area contributed by atoms with E-state index < -0.39 is 35.7 Å². The fourth-order valence-electron chi connectivity index (χ4n) is 2.94. The highest BCUT2D eigenvalue weighted by atomic mass is 79.9. The smallest absolute Gasteiger partial charge is 0.324 e. The molecule has 1 atom stereocenters. The number of carbonyl (C=O) groups excluding carboxylic acids is 3. The van der Waals surface area contributed by atoms with Crippen LogP contribution in [0.3, 0.4) is 0 Å². The molecule has 0 spiro atoms. The number of amides is 4. The summed E-state index contributed by atoms with van der Waals surface area (Å²) in [5.74, 6) is -3.90. The Bertz CT molecular complexity index is 975. The van der Waals surface area contributed by atoms with E-state index in [-0.39, 0.29) is 10.6 Å². The largest absolute Gasteiger partial charge is 0.325 e. The molecular weight excluding hydrogens is 468 g/mol. The maximum Gasteiger partial charge on any atom is 0.325 e. The first-order valence-corrected chi connectivity index (χ1v) is 10.1. The van der Waals surface area contributed by atoms with E-state index >= 15 is 0 Å². The van der Waals surface area contributed by atoms with E-state index in [0.717, 1.165) is 9.37 Å². The molecule has 1 unspecified atom stereocenters. The number of urea groups is 1. The Labute approximate surface area is 178 Å². The molecule has 2 aromatic carbocycles. The highest BCUT2D eigenvalue weighted by Crippen LogP contribution is 2.32. The lowest BCUT2D eigenvalue weighted by Gasteiger charge is -2.22. The van der Waals surface area contributed by atoms with Gasteiger partial charge in [-0.15, -0.1) is 0 Å². The third kappa shape index (κ3) is 4.59. The summed E-state index contributed by atoms with van der Waals surface area (Å²) in [6, 6.07) is 12.3. The summed E-state index contributed by atoms with van der Waals surface area (Å²) in [5, 5.41) is 5.10. The van der Waals surface area contributed by atoms with Gasteiger partial charge in [0.2, 0.25) is 5.91 Å². The molecular formula is C19H16BrF2N3O3S. The molecule has 4 amide bonds. The van der Waals surface area contributed by atoms with Gasteiger partial charge in [0.25, 0.3) is 11.7 Å². The monoisotopic (exact) mass is 483 g/mol. The molecule has 1 aliphatic heterocycles. The van der Waals surface area contributed by atoms with Gasteiger partial charge < -0.3 is 10.6 Å². The Balaban J connectivity index is 1.75. The minimum Gasteiger partial charge on any atom is -0.324 e. The number of halogens is 3. The molecule has 2 N–H and O–H groups in total. The van der Waals surface area contributed by atoms with E-state index in [4.69, 9.17) is 0 Å². The van der Waals surface area contributed by atoms with Crippen LogP contribution in [0.25, 0.3) is 0 Å². The molecule has 6 nitrogen and oxygen atoms in total. The van der Waals surface area contributed by atoms with Gasteiger partial charge >= 0.3 is 6.03 Å². The third-order valence-corrected chi connectivity index (χ3v) is 5.64. The zero-order chi connectivity index (χ0) is 21.2. The molecule has 3 rings (SSSR count). The van der Waals surface area contributed by atoms with Gasteiger partial charge in [0.15, 0.2) is 0 Å². The van der Waals surface area contributed by atoms with Crippen LogP contribution in [-0.4, -0.2) is 35.0 Å². The topological polar surface area (TPSA) is 78.5 Å². The van der Waals surface area contributed by atoms with E-state index in [9.17, 15) is 23.2 Å². The fraction of sp³-hybridized carbons (Fsp3) is 0.211. The first-order chi connectivity index (χ1) is 13.7. The van der Waals surface area contributed by atoms with Gasteiger partial charge in [-0.05, 0) is 36.8 Å². The van der Waals surface area contributed by atoms with Gasteiger partial charge in [-0.2, -0.15) is 8.78 Å². The lowest BCUT2D eigenvalue weighted by molar-refractivity contribution is -0.133. The normalized spacial score (nSPS) is 18.9. The van der Waals surface area contributed by atoms with E-state index in [1.54, 1.807) is 43.3 Å². The Kier molecular flexibility index (Phi) is 6.23. The second kappa shape index (κ2) is 8.50. The maximum absolute atomic E-state index is 12.9. The highest BCUT2D eigenvalue weighted by molar-refractivity contribution is 9.10. The number of carbonyl (C=O) groups is 3. The molecule has 0 aliphatic carbocycles. The van der Waals surface area contributed by atoms with Crippen LogP contribution in [-0.2, 0) is 15.1 Å². The molecule has 0 radical (unpaired) electrons. The molecule has 1 saturated heterocycles. The Hall–Kier alpha value is -2.46. The molecule has 29 heavy (non-hydrogen) atoms. The van der Waals surface area contributed by atoms with Crippen LogP contribution in [0.1, 0.15) is 12.5 Å². The van der Waals surface area contributed by atoms with Crippen molar-refractivity contribution in [3.8, 4) is 0 Å². The number of hydrogen-bond donors (Lipinski definition) is 2. The van der Waals surface area contributed by atoms with Gasteiger partial charge in [0, 0.05) is 9.37 Å². The van der Waals surface area contributed by atoms with Crippen molar-refractivity contribution in [3.05, 3.63) is 58.6 Å². The van der Waals surface area contributed by atoms with Crippen molar-refractivity contribution in [2.75, 3.05) is 11.9 Å². The Morgan fingerprint density at radius 1 is 1.24 bits per heavy atom. The molecule has 1 heterocycles. The minimum absolute atomic E-state index is 0.185. The Morgan fingerprint density at radius 3 is 2.66 bits per heavy atom. The van der Waals surface area contributed by atoms with Gasteiger partial charge in [-0.1, -0.05) is 52.0 Å². The number of hydrogen-bond acceptors (Lipinski definition) is 4. The standard InChI is InChI=1S/C19H16BrF2N3O3S/c1-19(11-5-4-6-12(20)9-11)16(27)25(18(28)24-19)10-15(26)23-13-7-2-3-8-14(13)29-17(21)22/h2-9,17H,10H2,1H3,(H,23,26)(H,24,28). The number of imide groups is 1. The lowest BCUT2D eigenvalue weighted by atomic mass is 9.92. The number of rotatable bonds is 6. The van der Waals surface area contributed by atoms with Gasteiger partial charge in [0.1, 0.15) is 12.1 Å². The summed E-state index contributed by atoms with van der Waals surface area (Å²) in [7, 11) is 0. The van der Waals surface area contributed by atoms with Crippen LogP contribution >= 0.6 is 27.7 Å². The van der Waals surface area contributed by atoms with Gasteiger partial charge in [0.05, 0.1) is 5.69 Å². The molecule has 2 aromatic rings. The van der Waals surface area contributed by atoms with Crippen LogP contribution < -0.4 is 10.6 Å². The van der Waals surface area contributed by atoms with E-state index in [2.05, 4.69) is 26.6 Å². The van der Waals surface area contributed by atoms with Crippen molar-refractivity contribution in [2.24, 2.45) is 0 Å². The molecule has 0 bridgehead atoms. The number of para-hydroxylation sites is 1. The van der Waals surface area contributed by atoms with Crippen LogP contribution in [0, 0.1) is 0 Å². The molecule has 0 aromatic heterocycles. The summed E-state index contributed by atoms with van der Waals surface area (Å²) in [5.41, 5.74) is -0.568. The predicted molar refractivity (Wildman–Crippen MR) is 109 cm³/mol. The average molecular weight is 484 g/mol. The lowest BCUT2D eigenvalue weighted by Crippen LogP contribution is -2.42. The summed E-state index contributed by atoms with van der Waals surface area (Å²) >= 11 is 3.62. The van der Waals surface area contributed by atoms with E-state index in [1.165, 1.54) is 12.1 Å². The summed E-state index contributed by atoms with van der Waals surface area (Å²) in [6.45, 7) is 1.02. The minimum atomic E-state index is -2.65. The van der Waals surface area contributed by atoms with Crippen LogP contribution in [0.2, 0.25) is 0 Å². The fourth-order valence-corrected chi connectivity index (χ4v) is 3.93. The number of thioether (sulfide) groups is 1. The number of benzene rings is 2. The third-order valence-electron chi connectivity index (χ3n) is 4.36. The average Bonchev–Trinajstić information content (AvgIpc) is 2.87. The van der Waals surface area contributed by atoms with Crippen LogP contribution in [0.5, 0.6) is 0 Å². The van der Waals surface area contributed by atoms with Crippen LogP contribution in [0.4, 0.5) is 19.3 Å². The predicted octanol–water partition coefficient (Wildman–Crippen LogP) is 4.17.